The second kappa shape index (κ2) is 4.09. The van der Waals surface area contributed by atoms with E-state index in [4.69, 9.17) is 5.73 Å². The molecule has 6 heteroatoms. The van der Waals surface area contributed by atoms with Gasteiger partial charge in [-0.15, -0.1) is 0 Å². The van der Waals surface area contributed by atoms with Crippen molar-refractivity contribution in [2.45, 2.75) is 16.0 Å². The fraction of sp³-hybridized carbons (Fsp3) is 0.0769. The van der Waals surface area contributed by atoms with E-state index in [-0.39, 0.29) is 11.4 Å². The zero-order valence-corrected chi connectivity index (χ0v) is 10.4. The summed E-state index contributed by atoms with van der Waals surface area (Å²) >= 11 is 1.28. The Morgan fingerprint density at radius 2 is 1.79 bits per heavy atom. The summed E-state index contributed by atoms with van der Waals surface area (Å²) in [7, 11) is 0. The molecule has 3 rings (SSSR count). The molecule has 3 N–H and O–H groups in total. The van der Waals surface area contributed by atoms with Crippen LogP contribution in [0.2, 0.25) is 0 Å². The van der Waals surface area contributed by atoms with Gasteiger partial charge in [0.05, 0.1) is 16.9 Å². The van der Waals surface area contributed by atoms with Crippen LogP contribution in [0.15, 0.2) is 46.2 Å². The van der Waals surface area contributed by atoms with Gasteiger partial charge in [0.25, 0.3) is 0 Å². The molecule has 2 nitrogen and oxygen atoms in total. The van der Waals surface area contributed by atoms with Gasteiger partial charge in [0.2, 0.25) is 0 Å². The normalized spacial score (nSPS) is 13.4. The largest absolute Gasteiger partial charge is 0.418 e. The smallest absolute Gasteiger partial charge is 0.399 e. The lowest BCUT2D eigenvalue weighted by atomic mass is 10.1. The van der Waals surface area contributed by atoms with E-state index in [0.29, 0.717) is 10.6 Å². The highest BCUT2D eigenvalue weighted by atomic mass is 32.2. The van der Waals surface area contributed by atoms with Crippen molar-refractivity contribution in [3.63, 3.8) is 0 Å². The van der Waals surface area contributed by atoms with Crippen LogP contribution >= 0.6 is 11.8 Å². The molecule has 0 spiro atoms. The van der Waals surface area contributed by atoms with Gasteiger partial charge in [0.1, 0.15) is 0 Å². The van der Waals surface area contributed by atoms with Gasteiger partial charge < -0.3 is 11.1 Å². The van der Waals surface area contributed by atoms with Crippen LogP contribution in [0.3, 0.4) is 0 Å². The van der Waals surface area contributed by atoms with Gasteiger partial charge in [-0.2, -0.15) is 13.2 Å². The maximum absolute atomic E-state index is 13.0. The van der Waals surface area contributed by atoms with E-state index < -0.39 is 11.7 Å². The van der Waals surface area contributed by atoms with E-state index in [1.807, 2.05) is 12.1 Å². The van der Waals surface area contributed by atoms with Gasteiger partial charge in [-0.1, -0.05) is 23.9 Å². The van der Waals surface area contributed by atoms with E-state index in [1.54, 1.807) is 18.2 Å². The fourth-order valence-corrected chi connectivity index (χ4v) is 3.05. The number of hydrogen-bond donors (Lipinski definition) is 2. The maximum Gasteiger partial charge on any atom is 0.418 e. The molecular weight excluding hydrogens is 273 g/mol. The van der Waals surface area contributed by atoms with Crippen LogP contribution in [0.4, 0.5) is 30.2 Å². The molecule has 0 aliphatic carbocycles. The Kier molecular flexibility index (Phi) is 2.63. The van der Waals surface area contributed by atoms with Crippen molar-refractivity contribution >= 4 is 28.8 Å². The fourth-order valence-electron chi connectivity index (χ4n) is 1.98. The molecule has 0 radical (unpaired) electrons. The first-order valence-electron chi connectivity index (χ1n) is 5.50. The van der Waals surface area contributed by atoms with Crippen molar-refractivity contribution in [3.05, 3.63) is 42.0 Å². The minimum Gasteiger partial charge on any atom is -0.399 e. The summed E-state index contributed by atoms with van der Waals surface area (Å²) < 4.78 is 39.1. The van der Waals surface area contributed by atoms with E-state index >= 15 is 0 Å². The molecule has 2 aromatic carbocycles. The number of rotatable bonds is 0. The standard InChI is InChI=1S/C13H9F3N2S/c14-13(15,16)8-5-7(17)6-11-12(8)18-9-3-1-2-4-10(9)19-11/h1-6,18H,17H2. The van der Waals surface area contributed by atoms with E-state index in [0.717, 1.165) is 11.0 Å². The Morgan fingerprint density at radius 1 is 1.05 bits per heavy atom. The lowest BCUT2D eigenvalue weighted by molar-refractivity contribution is -0.137. The van der Waals surface area contributed by atoms with E-state index in [1.165, 1.54) is 11.8 Å². The van der Waals surface area contributed by atoms with Crippen molar-refractivity contribution in [2.24, 2.45) is 0 Å². The van der Waals surface area contributed by atoms with Gasteiger partial charge in [0.15, 0.2) is 0 Å². The summed E-state index contributed by atoms with van der Waals surface area (Å²) in [6.07, 6.45) is -4.43. The number of anilines is 3. The first-order valence-corrected chi connectivity index (χ1v) is 6.31. The number of hydrogen-bond acceptors (Lipinski definition) is 3. The lowest BCUT2D eigenvalue weighted by Crippen LogP contribution is -2.12. The molecule has 19 heavy (non-hydrogen) atoms. The third-order valence-electron chi connectivity index (χ3n) is 2.80. The number of nitrogens with two attached hydrogens (primary N) is 1. The highest BCUT2D eigenvalue weighted by Crippen LogP contribution is 2.49. The predicted molar refractivity (Wildman–Crippen MR) is 69.7 cm³/mol. The molecule has 0 bridgehead atoms. The highest BCUT2D eigenvalue weighted by Gasteiger charge is 2.36. The number of halogens is 3. The minimum atomic E-state index is -4.43. The second-order valence-electron chi connectivity index (χ2n) is 4.16. The van der Waals surface area contributed by atoms with Crippen molar-refractivity contribution < 1.29 is 13.2 Å². The molecule has 0 saturated heterocycles. The molecule has 1 heterocycles. The number of para-hydroxylation sites is 1. The Hall–Kier alpha value is -1.82. The topological polar surface area (TPSA) is 38.0 Å². The molecule has 1 aliphatic rings. The summed E-state index contributed by atoms with van der Waals surface area (Å²) in [6.45, 7) is 0. The highest BCUT2D eigenvalue weighted by molar-refractivity contribution is 7.99. The Bertz CT molecular complexity index is 653. The zero-order valence-electron chi connectivity index (χ0n) is 9.58. The van der Waals surface area contributed by atoms with Gasteiger partial charge in [0, 0.05) is 15.5 Å². The molecule has 0 amide bonds. The molecule has 0 fully saturated rings. The monoisotopic (exact) mass is 282 g/mol. The molecule has 0 unspecified atom stereocenters. The van der Waals surface area contributed by atoms with Crippen LogP contribution < -0.4 is 11.1 Å². The van der Waals surface area contributed by atoms with Crippen LogP contribution in [-0.2, 0) is 6.18 Å². The third kappa shape index (κ3) is 2.12. The average Bonchev–Trinajstić information content (AvgIpc) is 2.34. The van der Waals surface area contributed by atoms with Crippen molar-refractivity contribution in [1.29, 1.82) is 0 Å². The number of fused-ring (bicyclic) bond motifs is 2. The maximum atomic E-state index is 13.0. The first kappa shape index (κ1) is 12.2. The lowest BCUT2D eigenvalue weighted by Gasteiger charge is -2.24. The van der Waals surface area contributed by atoms with Gasteiger partial charge in [-0.25, -0.2) is 0 Å². The van der Waals surface area contributed by atoms with Gasteiger partial charge >= 0.3 is 6.18 Å². The molecule has 0 aromatic heterocycles. The summed E-state index contributed by atoms with van der Waals surface area (Å²) in [5.74, 6) is 0. The van der Waals surface area contributed by atoms with Crippen LogP contribution in [0.5, 0.6) is 0 Å². The molecule has 98 valence electrons. The summed E-state index contributed by atoms with van der Waals surface area (Å²) in [6, 6.07) is 9.74. The van der Waals surface area contributed by atoms with Gasteiger partial charge in [-0.3, -0.25) is 0 Å². The van der Waals surface area contributed by atoms with Crippen molar-refractivity contribution in [2.75, 3.05) is 11.1 Å². The molecule has 0 saturated carbocycles. The quantitative estimate of drug-likeness (QED) is 0.596. The molecule has 2 aromatic rings. The number of nitrogen functional groups attached to an aromatic ring is 1. The zero-order chi connectivity index (χ0) is 13.6. The molecule has 1 aliphatic heterocycles. The predicted octanol–water partition coefficient (Wildman–Crippen LogP) is 4.50. The summed E-state index contributed by atoms with van der Waals surface area (Å²) in [5.41, 5.74) is 5.69. The van der Waals surface area contributed by atoms with Crippen LogP contribution in [0.1, 0.15) is 5.56 Å². The number of benzene rings is 2. The number of alkyl halides is 3. The molecule has 0 atom stereocenters. The van der Waals surface area contributed by atoms with Crippen molar-refractivity contribution in [3.8, 4) is 0 Å². The van der Waals surface area contributed by atoms with E-state index in [9.17, 15) is 13.2 Å². The van der Waals surface area contributed by atoms with E-state index in [2.05, 4.69) is 5.32 Å². The van der Waals surface area contributed by atoms with Gasteiger partial charge in [-0.05, 0) is 24.3 Å². The summed E-state index contributed by atoms with van der Waals surface area (Å²) in [4.78, 5) is 1.37. The second-order valence-corrected chi connectivity index (χ2v) is 5.25. The third-order valence-corrected chi connectivity index (χ3v) is 3.91. The minimum absolute atomic E-state index is 0.0744. The Labute approximate surface area is 111 Å². The van der Waals surface area contributed by atoms with Crippen LogP contribution in [0, 0.1) is 0 Å². The summed E-state index contributed by atoms with van der Waals surface area (Å²) in [5, 5.41) is 2.85. The average molecular weight is 282 g/mol. The first-order chi connectivity index (χ1) is 8.95. The van der Waals surface area contributed by atoms with Crippen molar-refractivity contribution in [1.82, 2.24) is 0 Å². The SMILES string of the molecule is Nc1cc2c(c(C(F)(F)F)c1)Nc1ccccc1S2. The Morgan fingerprint density at radius 3 is 2.53 bits per heavy atom. The molecular formula is C13H9F3N2S. The van der Waals surface area contributed by atoms with Crippen LogP contribution in [-0.4, -0.2) is 0 Å². The Balaban J connectivity index is 2.18. The van der Waals surface area contributed by atoms with Crippen LogP contribution in [0.25, 0.3) is 0 Å². The number of nitrogens with one attached hydrogen (secondary N) is 1.